The number of fused-ring (bicyclic) bond motifs is 1. The largest absolute Gasteiger partial charge is 0.490 e. The van der Waals surface area contributed by atoms with Crippen molar-refractivity contribution in [2.45, 2.75) is 38.4 Å². The summed E-state index contributed by atoms with van der Waals surface area (Å²) in [4.78, 5) is 11.0. The Kier molecular flexibility index (Phi) is 4.16. The lowest BCUT2D eigenvalue weighted by atomic mass is 9.59. The lowest BCUT2D eigenvalue weighted by molar-refractivity contribution is -0.385. The van der Waals surface area contributed by atoms with Crippen LogP contribution in [0.2, 0.25) is 0 Å². The second kappa shape index (κ2) is 5.77. The first kappa shape index (κ1) is 17.3. The predicted octanol–water partition coefficient (Wildman–Crippen LogP) is 4.03. The Balaban J connectivity index is 1.97. The van der Waals surface area contributed by atoms with Crippen molar-refractivity contribution < 1.29 is 18.8 Å². The van der Waals surface area contributed by atoms with Gasteiger partial charge in [-0.05, 0) is 48.7 Å². The first-order valence-corrected chi connectivity index (χ1v) is 8.45. The molecule has 1 aliphatic carbocycles. The van der Waals surface area contributed by atoms with Crippen LogP contribution >= 0.6 is 15.9 Å². The molecule has 3 fully saturated rings. The Morgan fingerprint density at radius 2 is 2.21 bits per heavy atom. The molecular weight excluding hydrogens is 383 g/mol. The zero-order valence-electron chi connectivity index (χ0n) is 13.4. The van der Waals surface area contributed by atoms with E-state index in [1.807, 2.05) is 13.8 Å². The minimum absolute atomic E-state index is 0.132. The normalized spacial score (nSPS) is 27.9. The van der Waals surface area contributed by atoms with E-state index in [1.54, 1.807) is 6.07 Å². The SMILES string of the molecule is CC(C)Oc1cc([N+](=O)[O-])c(C(=N)C23COC(CF)(C2)C3)cc1Br. The van der Waals surface area contributed by atoms with E-state index < -0.39 is 22.6 Å². The van der Waals surface area contributed by atoms with Crippen molar-refractivity contribution in [3.05, 3.63) is 32.3 Å². The number of hydrogen-bond donors (Lipinski definition) is 1. The number of hydrogen-bond acceptors (Lipinski definition) is 5. The van der Waals surface area contributed by atoms with Gasteiger partial charge in [-0.1, -0.05) is 0 Å². The second-order valence-corrected chi connectivity index (χ2v) is 7.69. The summed E-state index contributed by atoms with van der Waals surface area (Å²) < 4.78 is 24.7. The molecule has 6 nitrogen and oxygen atoms in total. The van der Waals surface area contributed by atoms with Crippen LogP contribution in [0.4, 0.5) is 10.1 Å². The highest BCUT2D eigenvalue weighted by Crippen LogP contribution is 2.59. The van der Waals surface area contributed by atoms with Gasteiger partial charge in [-0.15, -0.1) is 0 Å². The summed E-state index contributed by atoms with van der Waals surface area (Å²) in [5.41, 5.74) is -1.25. The summed E-state index contributed by atoms with van der Waals surface area (Å²) in [7, 11) is 0. The zero-order chi connectivity index (χ0) is 17.7. The van der Waals surface area contributed by atoms with Gasteiger partial charge in [-0.3, -0.25) is 10.1 Å². The molecule has 1 aromatic rings. The molecule has 2 bridgehead atoms. The van der Waals surface area contributed by atoms with Gasteiger partial charge in [0.15, 0.2) is 0 Å². The Morgan fingerprint density at radius 3 is 2.71 bits per heavy atom. The molecule has 1 N–H and O–H groups in total. The van der Waals surface area contributed by atoms with E-state index in [-0.39, 0.29) is 29.7 Å². The molecule has 0 spiro atoms. The van der Waals surface area contributed by atoms with Crippen molar-refractivity contribution in [2.75, 3.05) is 13.3 Å². The van der Waals surface area contributed by atoms with Gasteiger partial charge < -0.3 is 14.9 Å². The van der Waals surface area contributed by atoms with E-state index in [0.717, 1.165) is 0 Å². The fourth-order valence-electron chi connectivity index (χ4n) is 3.58. The van der Waals surface area contributed by atoms with Crippen LogP contribution in [0.15, 0.2) is 16.6 Å². The summed E-state index contributed by atoms with van der Waals surface area (Å²) in [6.07, 6.45) is 0.660. The van der Waals surface area contributed by atoms with Crippen molar-refractivity contribution in [2.24, 2.45) is 5.41 Å². The number of halogens is 2. The van der Waals surface area contributed by atoms with E-state index in [0.29, 0.717) is 23.1 Å². The Morgan fingerprint density at radius 1 is 1.54 bits per heavy atom. The average molecular weight is 401 g/mol. The number of benzene rings is 1. The van der Waals surface area contributed by atoms with Gasteiger partial charge in [-0.2, -0.15) is 0 Å². The number of alkyl halides is 1. The molecule has 3 aliphatic rings. The highest BCUT2D eigenvalue weighted by Gasteiger charge is 2.65. The van der Waals surface area contributed by atoms with E-state index >= 15 is 0 Å². The lowest BCUT2D eigenvalue weighted by Crippen LogP contribution is -2.50. The Labute approximate surface area is 147 Å². The summed E-state index contributed by atoms with van der Waals surface area (Å²) in [5.74, 6) is 0.361. The van der Waals surface area contributed by atoms with Crippen LogP contribution in [0.25, 0.3) is 0 Å². The van der Waals surface area contributed by atoms with E-state index in [9.17, 15) is 14.5 Å². The smallest absolute Gasteiger partial charge is 0.282 e. The molecule has 1 aromatic carbocycles. The molecule has 0 radical (unpaired) electrons. The number of nitrogens with zero attached hydrogens (tertiary/aromatic N) is 1. The minimum Gasteiger partial charge on any atom is -0.490 e. The molecular formula is C16H18BrFN2O4. The first-order valence-electron chi connectivity index (χ1n) is 7.66. The lowest BCUT2D eigenvalue weighted by Gasteiger charge is -2.43. The van der Waals surface area contributed by atoms with Gasteiger partial charge in [0.05, 0.1) is 45.0 Å². The van der Waals surface area contributed by atoms with Gasteiger partial charge in [0.1, 0.15) is 12.4 Å². The molecule has 24 heavy (non-hydrogen) atoms. The first-order chi connectivity index (χ1) is 11.2. The average Bonchev–Trinajstić information content (AvgIpc) is 3.04. The van der Waals surface area contributed by atoms with Crippen LogP contribution in [0.1, 0.15) is 32.3 Å². The molecule has 0 unspecified atom stereocenters. The summed E-state index contributed by atoms with van der Waals surface area (Å²) in [6.45, 7) is 3.30. The molecule has 2 saturated heterocycles. The van der Waals surface area contributed by atoms with Crippen LogP contribution in [0, 0.1) is 20.9 Å². The number of ether oxygens (including phenoxy) is 2. The number of nitro groups is 1. The van der Waals surface area contributed by atoms with Gasteiger partial charge in [-0.25, -0.2) is 4.39 Å². The van der Waals surface area contributed by atoms with Crippen molar-refractivity contribution in [1.82, 2.24) is 0 Å². The third-order valence-electron chi connectivity index (χ3n) is 4.63. The van der Waals surface area contributed by atoms with Crippen molar-refractivity contribution in [3.8, 4) is 5.75 Å². The summed E-state index contributed by atoms with van der Waals surface area (Å²) in [5, 5.41) is 20.0. The van der Waals surface area contributed by atoms with Crippen LogP contribution in [0.3, 0.4) is 0 Å². The van der Waals surface area contributed by atoms with Crippen LogP contribution in [-0.4, -0.2) is 35.6 Å². The quantitative estimate of drug-likeness (QED) is 0.443. The zero-order valence-corrected chi connectivity index (χ0v) is 15.0. The standard InChI is InChI=1S/C16H18BrFN2O4/c1-9(2)24-13-4-12(20(21)22)10(3-11(13)17)14(19)15-5-16(6-15,7-18)23-8-15/h3-4,9,19H,5-8H2,1-2H3. The van der Waals surface area contributed by atoms with Crippen molar-refractivity contribution >= 4 is 27.3 Å². The van der Waals surface area contributed by atoms with Crippen LogP contribution < -0.4 is 4.74 Å². The van der Waals surface area contributed by atoms with Crippen LogP contribution in [0.5, 0.6) is 5.75 Å². The van der Waals surface area contributed by atoms with Gasteiger partial charge in [0.2, 0.25) is 0 Å². The molecule has 8 heteroatoms. The van der Waals surface area contributed by atoms with E-state index in [1.165, 1.54) is 6.07 Å². The molecule has 0 atom stereocenters. The second-order valence-electron chi connectivity index (χ2n) is 6.84. The number of nitrogens with one attached hydrogen (secondary N) is 1. The summed E-state index contributed by atoms with van der Waals surface area (Å²) >= 11 is 3.35. The fourth-order valence-corrected chi connectivity index (χ4v) is 4.02. The fraction of sp³-hybridized carbons (Fsp3) is 0.562. The van der Waals surface area contributed by atoms with E-state index in [2.05, 4.69) is 15.9 Å². The third-order valence-corrected chi connectivity index (χ3v) is 5.25. The van der Waals surface area contributed by atoms with Gasteiger partial charge >= 0.3 is 0 Å². The molecule has 4 rings (SSSR count). The number of nitro benzene ring substituents is 1. The summed E-state index contributed by atoms with van der Waals surface area (Å²) in [6, 6.07) is 2.88. The van der Waals surface area contributed by atoms with Crippen molar-refractivity contribution in [1.29, 1.82) is 5.41 Å². The Hall–Kier alpha value is -1.54. The van der Waals surface area contributed by atoms with Crippen molar-refractivity contribution in [3.63, 3.8) is 0 Å². The number of rotatable bonds is 6. The van der Waals surface area contributed by atoms with Gasteiger partial charge in [0, 0.05) is 5.41 Å². The molecule has 1 saturated carbocycles. The Bertz CT molecular complexity index is 716. The maximum absolute atomic E-state index is 13.1. The topological polar surface area (TPSA) is 85.5 Å². The van der Waals surface area contributed by atoms with Crippen LogP contribution in [-0.2, 0) is 4.74 Å². The maximum atomic E-state index is 13.1. The predicted molar refractivity (Wildman–Crippen MR) is 89.7 cm³/mol. The molecule has 0 amide bonds. The molecule has 2 aliphatic heterocycles. The van der Waals surface area contributed by atoms with E-state index in [4.69, 9.17) is 14.9 Å². The molecule has 130 valence electrons. The minimum atomic E-state index is -0.793. The third kappa shape index (κ3) is 2.61. The highest BCUT2D eigenvalue weighted by molar-refractivity contribution is 9.10. The highest BCUT2D eigenvalue weighted by atomic mass is 79.9. The van der Waals surface area contributed by atoms with Gasteiger partial charge in [0.25, 0.3) is 5.69 Å². The monoisotopic (exact) mass is 400 g/mol. The molecule has 2 heterocycles. The molecule has 0 aromatic heterocycles. The maximum Gasteiger partial charge on any atom is 0.282 e.